The monoisotopic (exact) mass is 258 g/mol. The Morgan fingerprint density at radius 2 is 2.12 bits per heavy atom. The molecule has 0 spiro atoms. The lowest BCUT2D eigenvalue weighted by molar-refractivity contribution is 0.318. The Morgan fingerprint density at radius 1 is 1.41 bits per heavy atom. The molecule has 96 valence electrons. The van der Waals surface area contributed by atoms with Gasteiger partial charge in [0.2, 0.25) is 0 Å². The van der Waals surface area contributed by atoms with Crippen LogP contribution in [0.25, 0.3) is 0 Å². The number of hydrogen-bond acceptors (Lipinski definition) is 2. The standard InChI is InChI=1S/C13H19FN2.ClH/c1-9-3-4-11(5-12(9)14)7-16-6-10(2)13(15)8-16;/h3-5,10,13H,6-8,15H2,1-2H3;1H. The molecule has 0 saturated carbocycles. The van der Waals surface area contributed by atoms with Gasteiger partial charge in [-0.1, -0.05) is 19.1 Å². The maximum Gasteiger partial charge on any atom is 0.126 e. The van der Waals surface area contributed by atoms with E-state index in [9.17, 15) is 4.39 Å². The fourth-order valence-electron chi connectivity index (χ4n) is 2.22. The van der Waals surface area contributed by atoms with Gasteiger partial charge >= 0.3 is 0 Å². The summed E-state index contributed by atoms with van der Waals surface area (Å²) in [6.07, 6.45) is 0. The normalized spacial score (nSPS) is 24.7. The third-order valence-corrected chi connectivity index (χ3v) is 3.39. The highest BCUT2D eigenvalue weighted by molar-refractivity contribution is 5.85. The summed E-state index contributed by atoms with van der Waals surface area (Å²) >= 11 is 0. The van der Waals surface area contributed by atoms with Crippen molar-refractivity contribution < 1.29 is 4.39 Å². The predicted molar refractivity (Wildman–Crippen MR) is 70.8 cm³/mol. The zero-order chi connectivity index (χ0) is 11.7. The molecule has 0 radical (unpaired) electrons. The predicted octanol–water partition coefficient (Wildman–Crippen LogP) is 2.33. The van der Waals surface area contributed by atoms with Gasteiger partial charge in [0.05, 0.1) is 0 Å². The van der Waals surface area contributed by atoms with Crippen molar-refractivity contribution >= 4 is 12.4 Å². The lowest BCUT2D eigenvalue weighted by Gasteiger charge is -2.15. The van der Waals surface area contributed by atoms with Gasteiger partial charge in [0.1, 0.15) is 5.82 Å². The van der Waals surface area contributed by atoms with Crippen molar-refractivity contribution in [2.45, 2.75) is 26.4 Å². The van der Waals surface area contributed by atoms with Gasteiger partial charge in [0, 0.05) is 25.7 Å². The first-order valence-electron chi connectivity index (χ1n) is 5.79. The summed E-state index contributed by atoms with van der Waals surface area (Å²) in [6.45, 7) is 6.68. The molecular weight excluding hydrogens is 239 g/mol. The Bertz CT molecular complexity index is 374. The molecule has 2 unspecified atom stereocenters. The molecule has 1 aromatic carbocycles. The first kappa shape index (κ1) is 14.4. The molecule has 1 fully saturated rings. The molecule has 0 aromatic heterocycles. The van der Waals surface area contributed by atoms with E-state index in [4.69, 9.17) is 5.73 Å². The Labute approximate surface area is 108 Å². The molecule has 17 heavy (non-hydrogen) atoms. The van der Waals surface area contributed by atoms with Crippen LogP contribution in [0.2, 0.25) is 0 Å². The van der Waals surface area contributed by atoms with Crippen LogP contribution in [0.5, 0.6) is 0 Å². The summed E-state index contributed by atoms with van der Waals surface area (Å²) in [5.74, 6) is 0.421. The fraction of sp³-hybridized carbons (Fsp3) is 0.538. The first-order chi connectivity index (χ1) is 7.56. The van der Waals surface area contributed by atoms with Gasteiger partial charge < -0.3 is 5.73 Å². The highest BCUT2D eigenvalue weighted by atomic mass is 35.5. The van der Waals surface area contributed by atoms with Crippen LogP contribution >= 0.6 is 12.4 Å². The van der Waals surface area contributed by atoms with Crippen molar-refractivity contribution in [3.63, 3.8) is 0 Å². The number of rotatable bonds is 2. The van der Waals surface area contributed by atoms with E-state index in [1.54, 1.807) is 13.0 Å². The lowest BCUT2D eigenvalue weighted by Crippen LogP contribution is -2.28. The van der Waals surface area contributed by atoms with Crippen LogP contribution in [0.1, 0.15) is 18.1 Å². The van der Waals surface area contributed by atoms with Gasteiger partial charge in [-0.25, -0.2) is 4.39 Å². The Balaban J connectivity index is 0.00000144. The first-order valence-corrected chi connectivity index (χ1v) is 5.79. The summed E-state index contributed by atoms with van der Waals surface area (Å²) in [4.78, 5) is 2.29. The minimum absolute atomic E-state index is 0. The molecular formula is C13H20ClFN2. The van der Waals surface area contributed by atoms with E-state index in [1.165, 1.54) is 0 Å². The van der Waals surface area contributed by atoms with Gasteiger partial charge in [-0.2, -0.15) is 0 Å². The van der Waals surface area contributed by atoms with Crippen LogP contribution in [-0.2, 0) is 6.54 Å². The highest BCUT2D eigenvalue weighted by Gasteiger charge is 2.26. The van der Waals surface area contributed by atoms with Gasteiger partial charge in [-0.05, 0) is 30.0 Å². The van der Waals surface area contributed by atoms with E-state index < -0.39 is 0 Å². The highest BCUT2D eigenvalue weighted by Crippen LogP contribution is 2.18. The molecule has 0 bridgehead atoms. The maximum atomic E-state index is 13.4. The van der Waals surface area contributed by atoms with E-state index in [0.717, 1.165) is 25.2 Å². The Hall–Kier alpha value is -0.640. The zero-order valence-corrected chi connectivity index (χ0v) is 11.1. The fourth-order valence-corrected chi connectivity index (χ4v) is 2.22. The maximum absolute atomic E-state index is 13.4. The van der Waals surface area contributed by atoms with E-state index in [2.05, 4.69) is 11.8 Å². The number of hydrogen-bond donors (Lipinski definition) is 1. The molecule has 1 heterocycles. The van der Waals surface area contributed by atoms with Crippen LogP contribution < -0.4 is 5.73 Å². The number of benzene rings is 1. The average Bonchev–Trinajstić information content (AvgIpc) is 2.52. The van der Waals surface area contributed by atoms with E-state index in [1.807, 2.05) is 12.1 Å². The Morgan fingerprint density at radius 3 is 2.65 bits per heavy atom. The molecule has 1 aliphatic heterocycles. The van der Waals surface area contributed by atoms with Crippen LogP contribution in [0.4, 0.5) is 4.39 Å². The molecule has 1 saturated heterocycles. The van der Waals surface area contributed by atoms with Crippen molar-refractivity contribution in [1.29, 1.82) is 0 Å². The number of likely N-dealkylation sites (tertiary alicyclic amines) is 1. The molecule has 4 heteroatoms. The molecule has 2 atom stereocenters. The smallest absolute Gasteiger partial charge is 0.126 e. The van der Waals surface area contributed by atoms with Crippen molar-refractivity contribution in [2.75, 3.05) is 13.1 Å². The van der Waals surface area contributed by atoms with Crippen molar-refractivity contribution in [3.05, 3.63) is 35.1 Å². The molecule has 0 aliphatic carbocycles. The molecule has 0 amide bonds. The molecule has 2 nitrogen and oxygen atoms in total. The third kappa shape index (κ3) is 3.41. The van der Waals surface area contributed by atoms with Gasteiger partial charge in [-0.15, -0.1) is 12.4 Å². The van der Waals surface area contributed by atoms with Crippen LogP contribution in [-0.4, -0.2) is 24.0 Å². The number of halogens is 2. The van der Waals surface area contributed by atoms with Gasteiger partial charge in [0.25, 0.3) is 0 Å². The molecule has 1 aromatic rings. The number of nitrogens with two attached hydrogens (primary N) is 1. The second-order valence-electron chi connectivity index (χ2n) is 4.92. The quantitative estimate of drug-likeness (QED) is 0.882. The number of aryl methyl sites for hydroxylation is 1. The van der Waals surface area contributed by atoms with Crippen molar-refractivity contribution in [2.24, 2.45) is 11.7 Å². The minimum atomic E-state index is -0.117. The van der Waals surface area contributed by atoms with E-state index in [0.29, 0.717) is 11.5 Å². The second kappa shape index (κ2) is 5.80. The third-order valence-electron chi connectivity index (χ3n) is 3.39. The molecule has 2 N–H and O–H groups in total. The van der Waals surface area contributed by atoms with E-state index in [-0.39, 0.29) is 24.3 Å². The Kier molecular flexibility index (Phi) is 4.92. The zero-order valence-electron chi connectivity index (χ0n) is 10.3. The number of nitrogens with zero attached hydrogens (tertiary/aromatic N) is 1. The topological polar surface area (TPSA) is 29.3 Å². The molecule has 2 rings (SSSR count). The summed E-state index contributed by atoms with van der Waals surface area (Å²) < 4.78 is 13.4. The SMILES string of the molecule is Cc1ccc(CN2CC(C)C(N)C2)cc1F.Cl. The van der Waals surface area contributed by atoms with Crippen LogP contribution in [0.15, 0.2) is 18.2 Å². The average molecular weight is 259 g/mol. The summed E-state index contributed by atoms with van der Waals surface area (Å²) in [5, 5.41) is 0. The largest absolute Gasteiger partial charge is 0.326 e. The minimum Gasteiger partial charge on any atom is -0.326 e. The van der Waals surface area contributed by atoms with E-state index >= 15 is 0 Å². The summed E-state index contributed by atoms with van der Waals surface area (Å²) in [7, 11) is 0. The summed E-state index contributed by atoms with van der Waals surface area (Å²) in [6, 6.07) is 5.72. The molecule has 1 aliphatic rings. The van der Waals surface area contributed by atoms with Crippen LogP contribution in [0.3, 0.4) is 0 Å². The second-order valence-corrected chi connectivity index (χ2v) is 4.92. The van der Waals surface area contributed by atoms with Crippen molar-refractivity contribution in [1.82, 2.24) is 4.90 Å². The summed E-state index contributed by atoms with van der Waals surface area (Å²) in [5.41, 5.74) is 7.70. The van der Waals surface area contributed by atoms with Gasteiger partial charge in [-0.3, -0.25) is 4.90 Å². The lowest BCUT2D eigenvalue weighted by atomic mass is 10.1. The van der Waals surface area contributed by atoms with Gasteiger partial charge in [0.15, 0.2) is 0 Å². The van der Waals surface area contributed by atoms with Crippen LogP contribution in [0, 0.1) is 18.7 Å². The van der Waals surface area contributed by atoms with Crippen molar-refractivity contribution in [3.8, 4) is 0 Å².